The SMILES string of the molecule is COC(=O)CC1CSc2ncnn2C1=O. The van der Waals surface area contributed by atoms with Crippen molar-refractivity contribution >= 4 is 23.6 Å². The quantitative estimate of drug-likeness (QED) is 0.672. The first-order chi connectivity index (χ1) is 7.22. The van der Waals surface area contributed by atoms with Gasteiger partial charge in [-0.25, -0.2) is 4.98 Å². The van der Waals surface area contributed by atoms with Crippen LogP contribution in [-0.2, 0) is 9.53 Å². The van der Waals surface area contributed by atoms with E-state index in [2.05, 4.69) is 14.8 Å². The number of esters is 1. The highest BCUT2D eigenvalue weighted by molar-refractivity contribution is 7.99. The number of aromatic nitrogens is 3. The maximum atomic E-state index is 11.8. The Labute approximate surface area is 90.0 Å². The summed E-state index contributed by atoms with van der Waals surface area (Å²) >= 11 is 1.42. The predicted octanol–water partition coefficient (Wildman–Crippen LogP) is 0.203. The molecule has 1 aromatic rings. The van der Waals surface area contributed by atoms with Gasteiger partial charge >= 0.3 is 5.97 Å². The van der Waals surface area contributed by atoms with Crippen LogP contribution in [0.1, 0.15) is 11.2 Å². The highest BCUT2D eigenvalue weighted by Gasteiger charge is 2.31. The lowest BCUT2D eigenvalue weighted by molar-refractivity contribution is -0.141. The van der Waals surface area contributed by atoms with E-state index in [9.17, 15) is 9.59 Å². The van der Waals surface area contributed by atoms with Crippen molar-refractivity contribution in [2.75, 3.05) is 12.9 Å². The first-order valence-electron chi connectivity index (χ1n) is 4.36. The topological polar surface area (TPSA) is 74.1 Å². The fourth-order valence-corrected chi connectivity index (χ4v) is 2.32. The number of carbonyl (C=O) groups is 2. The number of hydrogen-bond acceptors (Lipinski definition) is 6. The molecule has 0 saturated heterocycles. The van der Waals surface area contributed by atoms with E-state index >= 15 is 0 Å². The number of fused-ring (bicyclic) bond motifs is 1. The minimum absolute atomic E-state index is 0.0988. The fraction of sp³-hybridized carbons (Fsp3) is 0.500. The van der Waals surface area contributed by atoms with Crippen LogP contribution in [0.15, 0.2) is 11.5 Å². The van der Waals surface area contributed by atoms with Crippen molar-refractivity contribution in [2.45, 2.75) is 11.6 Å². The Morgan fingerprint density at radius 3 is 3.33 bits per heavy atom. The van der Waals surface area contributed by atoms with Crippen molar-refractivity contribution < 1.29 is 14.3 Å². The third-order valence-electron chi connectivity index (χ3n) is 2.13. The Morgan fingerprint density at radius 2 is 2.60 bits per heavy atom. The van der Waals surface area contributed by atoms with Crippen LogP contribution >= 0.6 is 11.8 Å². The molecule has 15 heavy (non-hydrogen) atoms. The third-order valence-corrected chi connectivity index (χ3v) is 3.23. The molecular weight excluding hydrogens is 218 g/mol. The van der Waals surface area contributed by atoms with Crippen molar-refractivity contribution in [1.29, 1.82) is 0 Å². The van der Waals surface area contributed by atoms with Crippen LogP contribution < -0.4 is 0 Å². The number of methoxy groups -OCH3 is 1. The van der Waals surface area contributed by atoms with Gasteiger partial charge in [-0.2, -0.15) is 9.78 Å². The summed E-state index contributed by atoms with van der Waals surface area (Å²) in [5.41, 5.74) is 0. The molecule has 0 aromatic carbocycles. The van der Waals surface area contributed by atoms with Gasteiger partial charge in [0.1, 0.15) is 6.33 Å². The number of rotatable bonds is 2. The second-order valence-electron chi connectivity index (χ2n) is 3.08. The van der Waals surface area contributed by atoms with Gasteiger partial charge < -0.3 is 4.74 Å². The Hall–Kier alpha value is -1.37. The van der Waals surface area contributed by atoms with E-state index in [1.807, 2.05) is 0 Å². The van der Waals surface area contributed by atoms with E-state index in [-0.39, 0.29) is 24.2 Å². The second-order valence-corrected chi connectivity index (χ2v) is 4.07. The van der Waals surface area contributed by atoms with Gasteiger partial charge in [0.25, 0.3) is 5.91 Å². The Bertz CT molecular complexity index is 404. The normalized spacial score (nSPS) is 19.8. The number of carbonyl (C=O) groups excluding carboxylic acids is 2. The van der Waals surface area contributed by atoms with Crippen LogP contribution in [0.5, 0.6) is 0 Å². The molecule has 1 aromatic heterocycles. The molecule has 0 N–H and O–H groups in total. The van der Waals surface area contributed by atoms with Crippen molar-refractivity contribution in [1.82, 2.24) is 14.8 Å². The summed E-state index contributed by atoms with van der Waals surface area (Å²) in [5, 5.41) is 4.39. The van der Waals surface area contributed by atoms with E-state index in [1.54, 1.807) is 0 Å². The minimum atomic E-state index is -0.377. The molecule has 1 aliphatic heterocycles. The molecule has 1 unspecified atom stereocenters. The zero-order valence-corrected chi connectivity index (χ0v) is 8.86. The van der Waals surface area contributed by atoms with E-state index in [0.29, 0.717) is 10.9 Å². The summed E-state index contributed by atoms with van der Waals surface area (Å²) in [5.74, 6) is -0.382. The molecule has 0 bridgehead atoms. The van der Waals surface area contributed by atoms with E-state index in [4.69, 9.17) is 0 Å². The summed E-state index contributed by atoms with van der Waals surface area (Å²) in [6.07, 6.45) is 1.43. The van der Waals surface area contributed by atoms with Crippen LogP contribution in [0.2, 0.25) is 0 Å². The molecule has 2 heterocycles. The largest absolute Gasteiger partial charge is 0.469 e. The van der Waals surface area contributed by atoms with E-state index in [1.165, 1.54) is 29.9 Å². The maximum Gasteiger partial charge on any atom is 0.306 e. The lowest BCUT2D eigenvalue weighted by Crippen LogP contribution is -2.31. The van der Waals surface area contributed by atoms with Gasteiger partial charge in [-0.1, -0.05) is 11.8 Å². The molecule has 6 nitrogen and oxygen atoms in total. The van der Waals surface area contributed by atoms with Crippen LogP contribution in [0, 0.1) is 5.92 Å². The molecule has 1 atom stereocenters. The lowest BCUT2D eigenvalue weighted by atomic mass is 10.1. The van der Waals surface area contributed by atoms with Crippen molar-refractivity contribution in [2.24, 2.45) is 5.92 Å². The second kappa shape index (κ2) is 4.01. The average molecular weight is 227 g/mol. The first-order valence-corrected chi connectivity index (χ1v) is 5.34. The van der Waals surface area contributed by atoms with Gasteiger partial charge in [0.05, 0.1) is 19.4 Å². The van der Waals surface area contributed by atoms with Gasteiger partial charge in [-0.3, -0.25) is 9.59 Å². The molecule has 0 fully saturated rings. The Kier molecular flexibility index (Phi) is 2.72. The van der Waals surface area contributed by atoms with Gasteiger partial charge in [0.2, 0.25) is 0 Å². The zero-order chi connectivity index (χ0) is 10.8. The highest BCUT2D eigenvalue weighted by atomic mass is 32.2. The van der Waals surface area contributed by atoms with Gasteiger partial charge in [0, 0.05) is 5.75 Å². The van der Waals surface area contributed by atoms with Crippen molar-refractivity contribution in [3.8, 4) is 0 Å². The van der Waals surface area contributed by atoms with Gasteiger partial charge in [-0.15, -0.1) is 0 Å². The molecule has 0 saturated carbocycles. The molecule has 0 spiro atoms. The number of ether oxygens (including phenoxy) is 1. The molecule has 1 aliphatic rings. The zero-order valence-electron chi connectivity index (χ0n) is 8.04. The summed E-state index contributed by atoms with van der Waals surface area (Å²) in [6.45, 7) is 0. The van der Waals surface area contributed by atoms with Crippen molar-refractivity contribution in [3.63, 3.8) is 0 Å². The molecular formula is C8H9N3O3S. The van der Waals surface area contributed by atoms with Gasteiger partial charge in [0.15, 0.2) is 5.16 Å². The number of hydrogen-bond donors (Lipinski definition) is 0. The maximum absolute atomic E-state index is 11.8. The standard InChI is InChI=1S/C8H9N3O3S/c1-14-6(12)2-5-3-15-8-9-4-10-11(8)7(5)13/h4-5H,2-3H2,1H3. The Balaban J connectivity index is 2.13. The van der Waals surface area contributed by atoms with Crippen LogP contribution in [-0.4, -0.2) is 39.5 Å². The highest BCUT2D eigenvalue weighted by Crippen LogP contribution is 2.27. The first kappa shape index (κ1) is 10.2. The van der Waals surface area contributed by atoms with E-state index in [0.717, 1.165) is 0 Å². The van der Waals surface area contributed by atoms with Crippen LogP contribution in [0.25, 0.3) is 0 Å². The number of nitrogens with zero attached hydrogens (tertiary/aromatic N) is 3. The Morgan fingerprint density at radius 1 is 1.80 bits per heavy atom. The summed E-state index contributed by atoms with van der Waals surface area (Å²) in [7, 11) is 1.31. The third kappa shape index (κ3) is 1.87. The molecule has 7 heteroatoms. The molecule has 2 rings (SSSR count). The fourth-order valence-electron chi connectivity index (χ4n) is 1.33. The minimum Gasteiger partial charge on any atom is -0.469 e. The molecule has 0 aliphatic carbocycles. The monoisotopic (exact) mass is 227 g/mol. The molecule has 80 valence electrons. The number of thioether (sulfide) groups is 1. The predicted molar refractivity (Wildman–Crippen MR) is 51.5 cm³/mol. The summed E-state index contributed by atoms with van der Waals surface area (Å²) in [4.78, 5) is 26.7. The van der Waals surface area contributed by atoms with E-state index < -0.39 is 0 Å². The van der Waals surface area contributed by atoms with Crippen LogP contribution in [0.3, 0.4) is 0 Å². The van der Waals surface area contributed by atoms with Crippen molar-refractivity contribution in [3.05, 3.63) is 6.33 Å². The van der Waals surface area contributed by atoms with Crippen LogP contribution in [0.4, 0.5) is 0 Å². The molecule has 0 amide bonds. The summed E-state index contributed by atoms with van der Waals surface area (Å²) < 4.78 is 5.76. The lowest BCUT2D eigenvalue weighted by Gasteiger charge is -2.18. The molecule has 0 radical (unpaired) electrons. The summed E-state index contributed by atoms with van der Waals surface area (Å²) in [6, 6.07) is 0. The van der Waals surface area contributed by atoms with Gasteiger partial charge in [-0.05, 0) is 0 Å². The average Bonchev–Trinajstić information content (AvgIpc) is 2.70. The smallest absolute Gasteiger partial charge is 0.306 e.